The van der Waals surface area contributed by atoms with Crippen LogP contribution in [0.15, 0.2) is 72.8 Å². The number of nitrogens with one attached hydrogen (secondary N) is 1. The minimum atomic E-state index is -0.653. The largest absolute Gasteiger partial charge is 0.452 e. The van der Waals surface area contributed by atoms with Gasteiger partial charge in [0.2, 0.25) is 0 Å². The Balaban J connectivity index is 1.65. The Morgan fingerprint density at radius 1 is 0.852 bits per heavy atom. The van der Waals surface area contributed by atoms with Gasteiger partial charge in [0.1, 0.15) is 0 Å². The van der Waals surface area contributed by atoms with Crippen LogP contribution in [0.25, 0.3) is 11.1 Å². The Labute approximate surface area is 166 Å². The molecule has 0 aliphatic rings. The number of para-hydroxylation sites is 1. The standard InChI is InChI=1S/C21H15Cl2NO3/c22-17-11-10-15(12-18(17)23)21(26)27-13-20(25)24-19-9-5-4-8-16(19)14-6-2-1-3-7-14/h1-12H,13H2,(H,24,25). The zero-order chi connectivity index (χ0) is 19.2. The summed E-state index contributed by atoms with van der Waals surface area (Å²) in [4.78, 5) is 24.3. The number of ether oxygens (including phenoxy) is 1. The molecule has 0 bridgehead atoms. The van der Waals surface area contributed by atoms with Crippen molar-refractivity contribution in [2.45, 2.75) is 0 Å². The summed E-state index contributed by atoms with van der Waals surface area (Å²) < 4.78 is 5.05. The van der Waals surface area contributed by atoms with E-state index in [2.05, 4.69) is 5.32 Å². The SMILES string of the molecule is O=C(COC(=O)c1ccc(Cl)c(Cl)c1)Nc1ccccc1-c1ccccc1. The van der Waals surface area contributed by atoms with Crippen molar-refractivity contribution >= 4 is 40.8 Å². The van der Waals surface area contributed by atoms with Crippen LogP contribution < -0.4 is 5.32 Å². The van der Waals surface area contributed by atoms with Gasteiger partial charge in [-0.3, -0.25) is 4.79 Å². The number of benzene rings is 3. The Morgan fingerprint density at radius 2 is 1.56 bits per heavy atom. The lowest BCUT2D eigenvalue weighted by atomic mass is 10.0. The fraction of sp³-hybridized carbons (Fsp3) is 0.0476. The van der Waals surface area contributed by atoms with Gasteiger partial charge in [-0.25, -0.2) is 4.79 Å². The van der Waals surface area contributed by atoms with Crippen LogP contribution in [0.2, 0.25) is 10.0 Å². The minimum absolute atomic E-state index is 0.224. The Hall–Kier alpha value is -2.82. The minimum Gasteiger partial charge on any atom is -0.452 e. The van der Waals surface area contributed by atoms with Crippen LogP contribution in [0.4, 0.5) is 5.69 Å². The zero-order valence-electron chi connectivity index (χ0n) is 14.1. The third-order valence-electron chi connectivity index (χ3n) is 3.78. The molecule has 6 heteroatoms. The van der Waals surface area contributed by atoms with E-state index in [0.717, 1.165) is 11.1 Å². The molecule has 0 saturated heterocycles. The number of carbonyl (C=O) groups is 2. The van der Waals surface area contributed by atoms with E-state index >= 15 is 0 Å². The lowest BCUT2D eigenvalue weighted by molar-refractivity contribution is -0.119. The van der Waals surface area contributed by atoms with Gasteiger partial charge in [-0.15, -0.1) is 0 Å². The molecule has 3 aromatic rings. The van der Waals surface area contributed by atoms with Crippen LogP contribution in [0, 0.1) is 0 Å². The van der Waals surface area contributed by atoms with E-state index in [9.17, 15) is 9.59 Å². The van der Waals surface area contributed by atoms with Crippen LogP contribution in [0.3, 0.4) is 0 Å². The van der Waals surface area contributed by atoms with Crippen molar-refractivity contribution in [1.29, 1.82) is 0 Å². The molecule has 1 N–H and O–H groups in total. The maximum Gasteiger partial charge on any atom is 0.338 e. The number of esters is 1. The highest BCUT2D eigenvalue weighted by Crippen LogP contribution is 2.27. The molecule has 0 heterocycles. The zero-order valence-corrected chi connectivity index (χ0v) is 15.6. The first kappa shape index (κ1) is 19.0. The lowest BCUT2D eigenvalue weighted by Crippen LogP contribution is -2.21. The van der Waals surface area contributed by atoms with Crippen molar-refractivity contribution in [1.82, 2.24) is 0 Å². The van der Waals surface area contributed by atoms with E-state index < -0.39 is 18.5 Å². The lowest BCUT2D eigenvalue weighted by Gasteiger charge is -2.11. The van der Waals surface area contributed by atoms with E-state index in [-0.39, 0.29) is 10.6 Å². The van der Waals surface area contributed by atoms with Gasteiger partial charge < -0.3 is 10.1 Å². The average molecular weight is 400 g/mol. The molecule has 0 unspecified atom stereocenters. The van der Waals surface area contributed by atoms with Crippen LogP contribution in [-0.2, 0) is 9.53 Å². The molecule has 0 aromatic heterocycles. The summed E-state index contributed by atoms with van der Waals surface area (Å²) in [6.45, 7) is -0.414. The maximum absolute atomic E-state index is 12.2. The summed E-state index contributed by atoms with van der Waals surface area (Å²) in [7, 11) is 0. The van der Waals surface area contributed by atoms with Gasteiger partial charge in [-0.1, -0.05) is 71.7 Å². The number of hydrogen-bond donors (Lipinski definition) is 1. The van der Waals surface area contributed by atoms with Crippen molar-refractivity contribution < 1.29 is 14.3 Å². The van der Waals surface area contributed by atoms with Gasteiger partial charge in [0.25, 0.3) is 5.91 Å². The third-order valence-corrected chi connectivity index (χ3v) is 4.51. The van der Waals surface area contributed by atoms with Crippen molar-refractivity contribution in [2.75, 3.05) is 11.9 Å². The predicted molar refractivity (Wildman–Crippen MR) is 107 cm³/mol. The Morgan fingerprint density at radius 3 is 2.30 bits per heavy atom. The van der Waals surface area contributed by atoms with Gasteiger partial charge in [0.15, 0.2) is 6.61 Å². The molecule has 4 nitrogen and oxygen atoms in total. The molecule has 0 atom stereocenters. The first-order chi connectivity index (χ1) is 13.0. The number of carbonyl (C=O) groups excluding carboxylic acids is 2. The molecule has 136 valence electrons. The Bertz CT molecular complexity index is 974. The van der Waals surface area contributed by atoms with Gasteiger partial charge in [-0.2, -0.15) is 0 Å². The molecule has 0 fully saturated rings. The highest BCUT2D eigenvalue weighted by molar-refractivity contribution is 6.42. The second-order valence-electron chi connectivity index (χ2n) is 5.66. The van der Waals surface area contributed by atoms with E-state index in [0.29, 0.717) is 10.7 Å². The second-order valence-corrected chi connectivity index (χ2v) is 6.48. The van der Waals surface area contributed by atoms with E-state index in [1.165, 1.54) is 18.2 Å². The summed E-state index contributed by atoms with van der Waals surface area (Å²) in [6.07, 6.45) is 0. The summed E-state index contributed by atoms with van der Waals surface area (Å²) >= 11 is 11.7. The quantitative estimate of drug-likeness (QED) is 0.579. The number of amides is 1. The van der Waals surface area contributed by atoms with Crippen molar-refractivity contribution in [3.63, 3.8) is 0 Å². The molecule has 0 spiro atoms. The predicted octanol–water partition coefficient (Wildman–Crippen LogP) is 5.46. The van der Waals surface area contributed by atoms with Crippen molar-refractivity contribution in [2.24, 2.45) is 0 Å². The van der Waals surface area contributed by atoms with Crippen molar-refractivity contribution in [3.05, 3.63) is 88.4 Å². The van der Waals surface area contributed by atoms with Crippen LogP contribution in [-0.4, -0.2) is 18.5 Å². The van der Waals surface area contributed by atoms with E-state index in [4.69, 9.17) is 27.9 Å². The molecular weight excluding hydrogens is 385 g/mol. The fourth-order valence-corrected chi connectivity index (χ4v) is 2.78. The van der Waals surface area contributed by atoms with Gasteiger partial charge in [0.05, 0.1) is 15.6 Å². The average Bonchev–Trinajstić information content (AvgIpc) is 2.69. The van der Waals surface area contributed by atoms with Crippen LogP contribution >= 0.6 is 23.2 Å². The number of hydrogen-bond acceptors (Lipinski definition) is 3. The first-order valence-electron chi connectivity index (χ1n) is 8.11. The van der Waals surface area contributed by atoms with Crippen molar-refractivity contribution in [3.8, 4) is 11.1 Å². The molecule has 27 heavy (non-hydrogen) atoms. The fourth-order valence-electron chi connectivity index (χ4n) is 2.49. The molecule has 3 rings (SSSR count). The van der Waals surface area contributed by atoms with Crippen LogP contribution in [0.1, 0.15) is 10.4 Å². The number of rotatable bonds is 5. The first-order valence-corrected chi connectivity index (χ1v) is 8.86. The second kappa shape index (κ2) is 8.71. The summed E-state index contributed by atoms with van der Waals surface area (Å²) in [6, 6.07) is 21.5. The smallest absolute Gasteiger partial charge is 0.338 e. The van der Waals surface area contributed by atoms with Crippen LogP contribution in [0.5, 0.6) is 0 Å². The summed E-state index contributed by atoms with van der Waals surface area (Å²) in [5, 5.41) is 3.35. The van der Waals surface area contributed by atoms with Gasteiger partial charge >= 0.3 is 5.97 Å². The Kier molecular flexibility index (Phi) is 6.12. The number of anilines is 1. The molecule has 0 aliphatic heterocycles. The van der Waals surface area contributed by atoms with Gasteiger partial charge in [0, 0.05) is 11.3 Å². The molecular formula is C21H15Cl2NO3. The molecule has 1 amide bonds. The molecule has 0 saturated carbocycles. The van der Waals surface area contributed by atoms with E-state index in [1.807, 2.05) is 48.5 Å². The molecule has 0 aliphatic carbocycles. The monoisotopic (exact) mass is 399 g/mol. The van der Waals surface area contributed by atoms with Gasteiger partial charge in [-0.05, 0) is 29.8 Å². The highest BCUT2D eigenvalue weighted by atomic mass is 35.5. The number of halogens is 2. The summed E-state index contributed by atoms with van der Waals surface area (Å²) in [5.74, 6) is -1.09. The molecule has 3 aromatic carbocycles. The molecule has 0 radical (unpaired) electrons. The van der Waals surface area contributed by atoms with E-state index in [1.54, 1.807) is 6.07 Å². The summed E-state index contributed by atoms with van der Waals surface area (Å²) in [5.41, 5.74) is 2.71. The normalized spacial score (nSPS) is 10.3. The highest BCUT2D eigenvalue weighted by Gasteiger charge is 2.13. The third kappa shape index (κ3) is 4.88. The topological polar surface area (TPSA) is 55.4 Å². The maximum atomic E-state index is 12.2.